The Morgan fingerprint density at radius 2 is 0.784 bits per heavy atom. The molecule has 0 atom stereocenters. The molecule has 2 rings (SSSR count). The molecule has 6 nitrogen and oxygen atoms in total. The first-order valence-corrected chi connectivity index (χ1v) is 12.1. The van der Waals surface area contributed by atoms with E-state index in [0.717, 1.165) is 11.1 Å². The van der Waals surface area contributed by atoms with Gasteiger partial charge in [-0.05, 0) is 56.0 Å². The van der Waals surface area contributed by atoms with E-state index in [1.54, 1.807) is 0 Å². The molecule has 0 saturated carbocycles. The van der Waals surface area contributed by atoms with Gasteiger partial charge in [-0.2, -0.15) is 0 Å². The summed E-state index contributed by atoms with van der Waals surface area (Å²) in [5.41, 5.74) is 1.54. The second-order valence-corrected chi connectivity index (χ2v) is 13.4. The molecule has 0 aliphatic rings. The summed E-state index contributed by atoms with van der Waals surface area (Å²) in [6.07, 6.45) is 0. The Balaban J connectivity index is 0.000000682. The Morgan fingerprint density at radius 1 is 0.541 bits per heavy atom. The largest absolute Gasteiger partial charge is 2.00 e. The summed E-state index contributed by atoms with van der Waals surface area (Å²) in [6.45, 7) is 23.5. The van der Waals surface area contributed by atoms with Crippen molar-refractivity contribution in [2.75, 3.05) is 0 Å². The van der Waals surface area contributed by atoms with Gasteiger partial charge in [0, 0.05) is 0 Å². The third kappa shape index (κ3) is 8.98. The SMILES string of the molecule is CC(C)(C)c1cc(C(=O)O)c([O-])c(C(C)(C)C)c1.CC(C)(C)c1cc(C(=O)O)c([O-])c(C(C)(C)C)c1.[Zr+2]. The molecule has 202 valence electrons. The van der Waals surface area contributed by atoms with Crippen molar-refractivity contribution in [3.8, 4) is 11.5 Å². The third-order valence-electron chi connectivity index (χ3n) is 5.99. The Kier molecular flexibility index (Phi) is 11.0. The van der Waals surface area contributed by atoms with Gasteiger partial charge >= 0.3 is 38.1 Å². The summed E-state index contributed by atoms with van der Waals surface area (Å²) in [5.74, 6) is -3.06. The summed E-state index contributed by atoms with van der Waals surface area (Å²) in [7, 11) is 0. The molecule has 2 N–H and O–H groups in total. The van der Waals surface area contributed by atoms with E-state index in [2.05, 4.69) is 0 Å². The van der Waals surface area contributed by atoms with Crippen LogP contribution in [0.25, 0.3) is 0 Å². The fourth-order valence-electron chi connectivity index (χ4n) is 3.56. The molecule has 0 heterocycles. The number of rotatable bonds is 2. The van der Waals surface area contributed by atoms with Gasteiger partial charge in [-0.15, -0.1) is 0 Å². The van der Waals surface area contributed by atoms with E-state index in [0.29, 0.717) is 11.1 Å². The van der Waals surface area contributed by atoms with Crippen LogP contribution in [0.4, 0.5) is 0 Å². The van der Waals surface area contributed by atoms with E-state index in [9.17, 15) is 19.8 Å². The van der Waals surface area contributed by atoms with Crippen molar-refractivity contribution in [3.05, 3.63) is 57.6 Å². The summed E-state index contributed by atoms with van der Waals surface area (Å²) in [6, 6.07) is 6.68. The number of aromatic carboxylic acids is 2. The molecule has 0 unspecified atom stereocenters. The first-order chi connectivity index (χ1) is 15.9. The van der Waals surface area contributed by atoms with Gasteiger partial charge in [-0.3, -0.25) is 0 Å². The van der Waals surface area contributed by atoms with Gasteiger partial charge < -0.3 is 20.4 Å². The van der Waals surface area contributed by atoms with Crippen molar-refractivity contribution < 1.29 is 56.2 Å². The smallest absolute Gasteiger partial charge is 0.872 e. The van der Waals surface area contributed by atoms with Gasteiger partial charge in [0.25, 0.3) is 0 Å². The van der Waals surface area contributed by atoms with Crippen LogP contribution in [-0.2, 0) is 47.9 Å². The number of carboxylic acids is 2. The number of hydrogen-bond donors (Lipinski definition) is 2. The van der Waals surface area contributed by atoms with Crippen LogP contribution in [0.2, 0.25) is 0 Å². The monoisotopic (exact) mass is 588 g/mol. The molecule has 0 amide bonds. The number of benzene rings is 2. The molecule has 2 aromatic carbocycles. The second-order valence-electron chi connectivity index (χ2n) is 13.4. The fourth-order valence-corrected chi connectivity index (χ4v) is 3.56. The Bertz CT molecular complexity index is 1050. The first-order valence-electron chi connectivity index (χ1n) is 12.1. The average molecular weight is 590 g/mol. The normalized spacial score (nSPS) is 12.2. The summed E-state index contributed by atoms with van der Waals surface area (Å²) in [5, 5.41) is 42.6. The molecule has 0 spiro atoms. The number of carbonyl (C=O) groups is 2. The summed E-state index contributed by atoms with van der Waals surface area (Å²) >= 11 is 0. The quantitative estimate of drug-likeness (QED) is 0.436. The molecule has 0 aliphatic carbocycles. The maximum absolute atomic E-state index is 12.2. The summed E-state index contributed by atoms with van der Waals surface area (Å²) < 4.78 is 0. The van der Waals surface area contributed by atoms with Crippen LogP contribution in [0.1, 0.15) is 126 Å². The van der Waals surface area contributed by atoms with Gasteiger partial charge in [0.2, 0.25) is 0 Å². The second kappa shape index (κ2) is 11.7. The van der Waals surface area contributed by atoms with Gasteiger partial charge in [0.05, 0.1) is 11.1 Å². The van der Waals surface area contributed by atoms with Crippen molar-refractivity contribution in [2.24, 2.45) is 0 Å². The fraction of sp³-hybridized carbons (Fsp3) is 0.533. The number of carboxylic acid groups (broad SMARTS) is 2. The van der Waals surface area contributed by atoms with E-state index < -0.39 is 11.9 Å². The zero-order valence-corrected chi connectivity index (χ0v) is 26.8. The third-order valence-corrected chi connectivity index (χ3v) is 5.99. The van der Waals surface area contributed by atoms with Crippen LogP contribution >= 0.6 is 0 Å². The van der Waals surface area contributed by atoms with E-state index in [1.165, 1.54) is 12.1 Å². The predicted molar refractivity (Wildman–Crippen MR) is 140 cm³/mol. The van der Waals surface area contributed by atoms with E-state index >= 15 is 0 Å². The molecule has 2 aromatic rings. The summed E-state index contributed by atoms with van der Waals surface area (Å²) in [4.78, 5) is 22.4. The molecule has 7 heteroatoms. The molecule has 0 aliphatic heterocycles. The van der Waals surface area contributed by atoms with Crippen LogP contribution in [0.3, 0.4) is 0 Å². The van der Waals surface area contributed by atoms with Gasteiger partial charge in [0.15, 0.2) is 0 Å². The zero-order valence-electron chi connectivity index (χ0n) is 24.3. The Hall–Kier alpha value is -2.14. The maximum Gasteiger partial charge on any atom is 2.00 e. The van der Waals surface area contributed by atoms with Gasteiger partial charge in [-0.1, -0.05) is 107 Å². The van der Waals surface area contributed by atoms with E-state index in [1.807, 2.05) is 95.2 Å². The molecular weight excluding hydrogens is 548 g/mol. The Morgan fingerprint density at radius 3 is 0.946 bits per heavy atom. The molecule has 0 radical (unpaired) electrons. The molecule has 37 heavy (non-hydrogen) atoms. The molecule has 0 bridgehead atoms. The minimum absolute atomic E-state index is 0. The van der Waals surface area contributed by atoms with Crippen LogP contribution in [0.15, 0.2) is 24.3 Å². The van der Waals surface area contributed by atoms with Crippen LogP contribution in [0.5, 0.6) is 11.5 Å². The zero-order chi connectivity index (χ0) is 28.6. The minimum Gasteiger partial charge on any atom is -0.872 e. The molecule has 0 fully saturated rings. The standard InChI is InChI=1S/2C15H22O3.Zr/c2*1-14(2,3)9-7-10(13(17)18)12(16)11(8-9)15(4,5)6;/h2*7-8,16H,1-6H3,(H,17,18);/q;;+2/p-2. The van der Waals surface area contributed by atoms with Gasteiger partial charge in [0.1, 0.15) is 0 Å². The van der Waals surface area contributed by atoms with Crippen molar-refractivity contribution in [3.63, 3.8) is 0 Å². The van der Waals surface area contributed by atoms with Crippen molar-refractivity contribution in [1.82, 2.24) is 0 Å². The number of hydrogen-bond acceptors (Lipinski definition) is 4. The van der Waals surface area contributed by atoms with Crippen LogP contribution in [0, 0.1) is 0 Å². The minimum atomic E-state index is -1.16. The van der Waals surface area contributed by atoms with Crippen LogP contribution < -0.4 is 10.2 Å². The first kappa shape index (κ1) is 34.9. The van der Waals surface area contributed by atoms with Crippen molar-refractivity contribution in [2.45, 2.75) is 105 Å². The predicted octanol–water partition coefficient (Wildman–Crippen LogP) is 6.10. The molecule has 0 aromatic heterocycles. The van der Waals surface area contributed by atoms with Crippen LogP contribution in [-0.4, -0.2) is 22.2 Å². The van der Waals surface area contributed by atoms with E-state index in [4.69, 9.17) is 10.2 Å². The molecular formula is C30H42O6Zr. The van der Waals surface area contributed by atoms with Gasteiger partial charge in [-0.25, -0.2) is 9.59 Å². The Labute approximate surface area is 241 Å². The van der Waals surface area contributed by atoms with E-state index in [-0.39, 0.29) is 70.5 Å². The van der Waals surface area contributed by atoms with Crippen molar-refractivity contribution in [1.29, 1.82) is 0 Å². The molecule has 0 saturated heterocycles. The average Bonchev–Trinajstić information content (AvgIpc) is 2.64. The topological polar surface area (TPSA) is 121 Å². The van der Waals surface area contributed by atoms with Crippen molar-refractivity contribution >= 4 is 11.9 Å². The maximum atomic E-state index is 12.2.